The third-order valence-electron chi connectivity index (χ3n) is 3.43. The largest absolute Gasteiger partial charge is 0.493 e. The Morgan fingerprint density at radius 3 is 2.78 bits per heavy atom. The van der Waals surface area contributed by atoms with E-state index in [4.69, 9.17) is 9.47 Å². The molecular weight excluding hydrogens is 368 g/mol. The van der Waals surface area contributed by atoms with Crippen molar-refractivity contribution < 1.29 is 19.1 Å². The summed E-state index contributed by atoms with van der Waals surface area (Å²) in [5.74, 6) is -0.211. The molecule has 0 atom stereocenters. The predicted molar refractivity (Wildman–Crippen MR) is 101 cm³/mol. The van der Waals surface area contributed by atoms with Crippen LogP contribution in [0.2, 0.25) is 0 Å². The highest BCUT2D eigenvalue weighted by Crippen LogP contribution is 2.28. The first-order valence-electron chi connectivity index (χ1n) is 7.86. The number of aromatic nitrogens is 2. The summed E-state index contributed by atoms with van der Waals surface area (Å²) in [4.78, 5) is 24.4. The van der Waals surface area contributed by atoms with Crippen LogP contribution in [0.5, 0.6) is 11.5 Å². The number of methoxy groups -OCH3 is 1. The number of thiophene rings is 1. The third-order valence-corrected chi connectivity index (χ3v) is 4.28. The lowest BCUT2D eigenvalue weighted by Crippen LogP contribution is -2.18. The Morgan fingerprint density at radius 1 is 1.26 bits per heavy atom. The number of carbonyl (C=O) groups excluding carboxylic acids is 2. The molecule has 2 N–H and O–H groups in total. The summed E-state index contributed by atoms with van der Waals surface area (Å²) in [6, 6.07) is 10.0. The van der Waals surface area contributed by atoms with Crippen LogP contribution in [0, 0.1) is 6.92 Å². The van der Waals surface area contributed by atoms with Crippen LogP contribution in [-0.4, -0.2) is 35.4 Å². The van der Waals surface area contributed by atoms with E-state index in [2.05, 4.69) is 20.7 Å². The summed E-state index contributed by atoms with van der Waals surface area (Å²) >= 11 is 1.30. The Hall–Kier alpha value is -3.46. The van der Waals surface area contributed by atoms with Gasteiger partial charge < -0.3 is 9.47 Å². The SMILES string of the molecule is COc1cc(C=NNC(=O)c2cc(C)[nH]n2)ccc1OC(=O)c1cccs1. The maximum absolute atomic E-state index is 12.1. The summed E-state index contributed by atoms with van der Waals surface area (Å²) in [7, 11) is 1.47. The van der Waals surface area contributed by atoms with Gasteiger partial charge in [-0.2, -0.15) is 10.2 Å². The van der Waals surface area contributed by atoms with Gasteiger partial charge in [0.05, 0.1) is 13.3 Å². The fourth-order valence-electron chi connectivity index (χ4n) is 2.15. The number of nitrogens with one attached hydrogen (secondary N) is 2. The van der Waals surface area contributed by atoms with Gasteiger partial charge in [0.2, 0.25) is 0 Å². The van der Waals surface area contributed by atoms with Gasteiger partial charge in [-0.25, -0.2) is 10.2 Å². The van der Waals surface area contributed by atoms with Gasteiger partial charge in [-0.05, 0) is 48.2 Å². The lowest BCUT2D eigenvalue weighted by atomic mass is 10.2. The summed E-state index contributed by atoms with van der Waals surface area (Å²) in [6.07, 6.45) is 1.45. The maximum atomic E-state index is 12.1. The second-order valence-electron chi connectivity index (χ2n) is 5.41. The number of aromatic amines is 1. The van der Waals surface area contributed by atoms with E-state index in [0.29, 0.717) is 21.9 Å². The van der Waals surface area contributed by atoms with Crippen LogP contribution in [0.3, 0.4) is 0 Å². The molecule has 8 nitrogen and oxygen atoms in total. The fourth-order valence-corrected chi connectivity index (χ4v) is 2.75. The van der Waals surface area contributed by atoms with Crippen LogP contribution in [0.25, 0.3) is 0 Å². The number of amides is 1. The molecule has 0 fully saturated rings. The number of hydrogen-bond acceptors (Lipinski definition) is 7. The number of rotatable bonds is 6. The van der Waals surface area contributed by atoms with Crippen molar-refractivity contribution in [3.8, 4) is 11.5 Å². The van der Waals surface area contributed by atoms with Gasteiger partial charge in [-0.15, -0.1) is 11.3 Å². The molecule has 0 aliphatic heterocycles. The minimum absolute atomic E-state index is 0.248. The van der Waals surface area contributed by atoms with Gasteiger partial charge in [-0.1, -0.05) is 6.07 Å². The number of aryl methyl sites for hydroxylation is 1. The van der Waals surface area contributed by atoms with Gasteiger partial charge >= 0.3 is 5.97 Å². The van der Waals surface area contributed by atoms with Gasteiger partial charge in [-0.3, -0.25) is 9.89 Å². The van der Waals surface area contributed by atoms with Crippen molar-refractivity contribution in [3.05, 3.63) is 63.6 Å². The molecule has 0 unspecified atom stereocenters. The highest BCUT2D eigenvalue weighted by Gasteiger charge is 2.13. The average molecular weight is 384 g/mol. The summed E-state index contributed by atoms with van der Waals surface area (Å²) < 4.78 is 10.6. The first kappa shape index (κ1) is 18.3. The molecule has 0 aliphatic carbocycles. The van der Waals surface area contributed by atoms with Crippen LogP contribution in [0.4, 0.5) is 0 Å². The Labute approximate surface area is 158 Å². The predicted octanol–water partition coefficient (Wildman–Crippen LogP) is 2.77. The lowest BCUT2D eigenvalue weighted by Gasteiger charge is -2.09. The molecule has 0 saturated carbocycles. The third kappa shape index (κ3) is 4.59. The molecule has 1 aromatic carbocycles. The summed E-state index contributed by atoms with van der Waals surface area (Å²) in [6.45, 7) is 1.80. The van der Waals surface area contributed by atoms with E-state index < -0.39 is 11.9 Å². The number of hydrazone groups is 1. The highest BCUT2D eigenvalue weighted by molar-refractivity contribution is 7.12. The molecule has 1 amide bonds. The fraction of sp³-hybridized carbons (Fsp3) is 0.111. The number of hydrogen-bond donors (Lipinski definition) is 2. The normalized spacial score (nSPS) is 10.7. The maximum Gasteiger partial charge on any atom is 0.353 e. The van der Waals surface area contributed by atoms with E-state index in [9.17, 15) is 9.59 Å². The molecule has 138 valence electrons. The Balaban J connectivity index is 1.66. The summed E-state index contributed by atoms with van der Waals surface area (Å²) in [5, 5.41) is 12.2. The Morgan fingerprint density at radius 2 is 2.11 bits per heavy atom. The zero-order valence-corrected chi connectivity index (χ0v) is 15.4. The van der Waals surface area contributed by atoms with Crippen molar-refractivity contribution in [2.75, 3.05) is 7.11 Å². The van der Waals surface area contributed by atoms with Crippen LogP contribution in [0.15, 0.2) is 46.9 Å². The quantitative estimate of drug-likeness (QED) is 0.294. The number of esters is 1. The smallest absolute Gasteiger partial charge is 0.353 e. The average Bonchev–Trinajstić information content (AvgIpc) is 3.34. The van der Waals surface area contributed by atoms with E-state index in [-0.39, 0.29) is 5.69 Å². The van der Waals surface area contributed by atoms with Gasteiger partial charge in [0.25, 0.3) is 5.91 Å². The van der Waals surface area contributed by atoms with Gasteiger partial charge in [0.1, 0.15) is 4.88 Å². The van der Waals surface area contributed by atoms with Gasteiger partial charge in [0, 0.05) is 5.69 Å². The van der Waals surface area contributed by atoms with Crippen LogP contribution in [0.1, 0.15) is 31.4 Å². The molecule has 0 saturated heterocycles. The number of H-pyrrole nitrogens is 1. The van der Waals surface area contributed by atoms with Crippen LogP contribution >= 0.6 is 11.3 Å². The van der Waals surface area contributed by atoms with Crippen molar-refractivity contribution >= 4 is 29.4 Å². The number of ether oxygens (including phenoxy) is 2. The van der Waals surface area contributed by atoms with E-state index in [1.807, 2.05) is 0 Å². The van der Waals surface area contributed by atoms with Crippen molar-refractivity contribution in [2.45, 2.75) is 6.92 Å². The number of carbonyl (C=O) groups is 2. The van der Waals surface area contributed by atoms with E-state index in [1.165, 1.54) is 24.7 Å². The summed E-state index contributed by atoms with van der Waals surface area (Å²) in [5.41, 5.74) is 4.07. The molecule has 3 rings (SSSR count). The minimum atomic E-state index is -0.453. The Kier molecular flexibility index (Phi) is 5.62. The van der Waals surface area contributed by atoms with E-state index in [1.54, 1.807) is 48.7 Å². The van der Waals surface area contributed by atoms with E-state index in [0.717, 1.165) is 5.69 Å². The molecular formula is C18H16N4O4S. The molecule has 0 spiro atoms. The molecule has 0 radical (unpaired) electrons. The van der Waals surface area contributed by atoms with Gasteiger partial charge in [0.15, 0.2) is 17.2 Å². The second kappa shape index (κ2) is 8.28. The molecule has 0 aliphatic rings. The van der Waals surface area contributed by atoms with Crippen molar-refractivity contribution in [3.63, 3.8) is 0 Å². The highest BCUT2D eigenvalue weighted by atomic mass is 32.1. The Bertz CT molecular complexity index is 979. The van der Waals surface area contributed by atoms with Crippen molar-refractivity contribution in [2.24, 2.45) is 5.10 Å². The molecule has 9 heteroatoms. The monoisotopic (exact) mass is 384 g/mol. The number of nitrogens with zero attached hydrogens (tertiary/aromatic N) is 2. The standard InChI is InChI=1S/C18H16N4O4S/c1-11-8-13(21-20-11)17(23)22-19-10-12-5-6-14(15(9-12)25-2)26-18(24)16-4-3-7-27-16/h3-10H,1-2H3,(H,20,21)(H,22,23). The zero-order chi connectivity index (χ0) is 19.2. The first-order valence-corrected chi connectivity index (χ1v) is 8.74. The van der Waals surface area contributed by atoms with Crippen molar-refractivity contribution in [1.82, 2.24) is 15.6 Å². The zero-order valence-electron chi connectivity index (χ0n) is 14.6. The molecule has 0 bridgehead atoms. The topological polar surface area (TPSA) is 106 Å². The van der Waals surface area contributed by atoms with E-state index >= 15 is 0 Å². The molecule has 2 heterocycles. The lowest BCUT2D eigenvalue weighted by molar-refractivity contribution is 0.0734. The molecule has 2 aromatic heterocycles. The van der Waals surface area contributed by atoms with Crippen LogP contribution in [-0.2, 0) is 0 Å². The second-order valence-corrected chi connectivity index (χ2v) is 6.36. The first-order chi connectivity index (χ1) is 13.1. The van der Waals surface area contributed by atoms with Crippen LogP contribution < -0.4 is 14.9 Å². The molecule has 27 heavy (non-hydrogen) atoms. The minimum Gasteiger partial charge on any atom is -0.493 e. The molecule has 3 aromatic rings. The number of benzene rings is 1. The van der Waals surface area contributed by atoms with Crippen molar-refractivity contribution in [1.29, 1.82) is 0 Å².